The average Bonchev–Trinajstić information content (AvgIpc) is 1.44. The number of H-pyrrole nitrogens is 2. The third-order valence-electron chi connectivity index (χ3n) is 20.2. The Balaban J connectivity index is 0.995. The fourth-order valence-corrected chi connectivity index (χ4v) is 13.1. The summed E-state index contributed by atoms with van der Waals surface area (Å²) in [6, 6.07) is 24.4. The molecule has 0 atom stereocenters. The predicted octanol–water partition coefficient (Wildman–Crippen LogP) is 21.2. The number of aliphatic imine (C=N–C) groups is 2. The van der Waals surface area contributed by atoms with Gasteiger partial charge in [-0.15, -0.1) is 0 Å². The number of carbonyl (C=O) groups is 1. The van der Waals surface area contributed by atoms with Gasteiger partial charge in [-0.3, -0.25) is 9.79 Å². The molecule has 6 nitrogen and oxygen atoms in total. The van der Waals surface area contributed by atoms with Crippen molar-refractivity contribution in [2.45, 2.75) is 138 Å². The fraction of sp³-hybridized carbons (Fsp3) is 0.233. The maximum absolute atomic E-state index is 13.6. The van der Waals surface area contributed by atoms with Gasteiger partial charge in [-0.2, -0.15) is 0 Å². The number of amides is 1. The Morgan fingerprint density at radius 1 is 0.438 bits per heavy atom. The first-order valence-corrected chi connectivity index (χ1v) is 33.6. The number of hydrogen-bond donors (Lipinski definition) is 3. The van der Waals surface area contributed by atoms with E-state index in [2.05, 4.69) is 281 Å². The Kier molecular flexibility index (Phi) is 22.3. The van der Waals surface area contributed by atoms with E-state index in [1.807, 2.05) is 61.5 Å². The van der Waals surface area contributed by atoms with Crippen LogP contribution in [0.25, 0.3) is 28.4 Å². The number of anilines is 1. The minimum absolute atomic E-state index is 0.179. The number of nitrogens with one attached hydrogen (secondary N) is 3. The molecule has 0 saturated carbocycles. The highest BCUT2D eigenvalue weighted by molar-refractivity contribution is 6.32. The van der Waals surface area contributed by atoms with Gasteiger partial charge < -0.3 is 15.3 Å². The van der Waals surface area contributed by atoms with Crippen LogP contribution in [0.5, 0.6) is 0 Å². The second-order valence-electron chi connectivity index (χ2n) is 26.3. The van der Waals surface area contributed by atoms with Gasteiger partial charge in [-0.05, 0) is 322 Å². The zero-order chi connectivity index (χ0) is 69.4. The average molecular weight is 1260 g/mol. The lowest BCUT2D eigenvalue weighted by Gasteiger charge is -2.22. The Labute approximate surface area is 572 Å². The molecule has 488 valence electrons. The Hall–Kier alpha value is -10.2. The first kappa shape index (κ1) is 70.2. The van der Waals surface area contributed by atoms with Crippen LogP contribution >= 0.6 is 0 Å². The molecule has 0 aliphatic carbocycles. The highest BCUT2D eigenvalue weighted by Crippen LogP contribution is 2.41. The van der Waals surface area contributed by atoms with E-state index in [1.165, 1.54) is 111 Å². The van der Waals surface area contributed by atoms with Crippen molar-refractivity contribution in [2.24, 2.45) is 9.98 Å². The lowest BCUT2D eigenvalue weighted by molar-refractivity contribution is 0.102. The van der Waals surface area contributed by atoms with Crippen molar-refractivity contribution < 1.29 is 4.79 Å². The van der Waals surface area contributed by atoms with Crippen molar-refractivity contribution in [3.05, 3.63) is 350 Å². The van der Waals surface area contributed by atoms with Crippen LogP contribution in [-0.4, -0.2) is 33.8 Å². The number of carbonyl (C=O) groups excluding carboxylic acids is 1. The van der Waals surface area contributed by atoms with Crippen molar-refractivity contribution in [2.75, 3.05) is 11.9 Å². The summed E-state index contributed by atoms with van der Waals surface area (Å²) in [6.45, 7) is 49.4. The van der Waals surface area contributed by atoms with Crippen molar-refractivity contribution in [1.29, 1.82) is 0 Å². The van der Waals surface area contributed by atoms with E-state index >= 15 is 0 Å². The van der Waals surface area contributed by atoms with Crippen LogP contribution < -0.4 is 16.0 Å². The number of aromatic nitrogens is 2. The molecule has 0 unspecified atom stereocenters. The molecule has 2 aromatic heterocycles. The fourth-order valence-electron chi connectivity index (χ4n) is 13.1. The van der Waals surface area contributed by atoms with Crippen molar-refractivity contribution >= 4 is 51.4 Å². The van der Waals surface area contributed by atoms with E-state index in [1.54, 1.807) is 0 Å². The molecule has 1 amide bonds. The van der Waals surface area contributed by atoms with Gasteiger partial charge in [0.15, 0.2) is 0 Å². The van der Waals surface area contributed by atoms with Gasteiger partial charge in [-0.25, -0.2) is 4.99 Å². The zero-order valence-electron chi connectivity index (χ0n) is 60.5. The van der Waals surface area contributed by atoms with Crippen LogP contribution in [0.15, 0.2) is 221 Å². The lowest BCUT2D eigenvalue weighted by atomic mass is 9.84. The van der Waals surface area contributed by atoms with Crippen molar-refractivity contribution in [1.82, 2.24) is 9.97 Å². The summed E-state index contributed by atoms with van der Waals surface area (Å²) in [5.74, 6) is -0.179. The molecule has 0 radical (unpaired) electrons. The summed E-state index contributed by atoms with van der Waals surface area (Å²) in [4.78, 5) is 32.4. The molecule has 5 aromatic carbocycles. The van der Waals surface area contributed by atoms with Crippen LogP contribution in [0.1, 0.15) is 168 Å². The van der Waals surface area contributed by atoms with E-state index < -0.39 is 0 Å². The SMILES string of the molecule is C=C(c1ccc(NC(=O)c2ccc(/C=C/C(C)=C/C=C/C(C)=C/C=C/C=C(C)/C=C/C=C(C)/C=C/C)cc2)cc1)c1ccc(/C(=C2/C=CC(C(/c3c(C)c(C)c(C)c(C)c3C)=c3/cc/c(=C(/C4=NCC=C4)c4c(C)c(C)c(C)c(C)c4C)[nH]3)=N2)c2c(C)c(C)c(C)c(C)c2C)[nH]1. The first-order valence-electron chi connectivity index (χ1n) is 33.6. The Morgan fingerprint density at radius 2 is 0.865 bits per heavy atom. The normalized spacial score (nSPS) is 15.2. The van der Waals surface area contributed by atoms with Crippen LogP contribution in [0.2, 0.25) is 0 Å². The quantitative estimate of drug-likeness (QED) is 0.0693. The highest BCUT2D eigenvalue weighted by Gasteiger charge is 2.27. The van der Waals surface area contributed by atoms with E-state index in [0.717, 1.165) is 83.8 Å². The van der Waals surface area contributed by atoms with Gasteiger partial charge in [0.2, 0.25) is 0 Å². The van der Waals surface area contributed by atoms with Gasteiger partial charge >= 0.3 is 0 Å². The van der Waals surface area contributed by atoms with Crippen molar-refractivity contribution in [3.8, 4) is 0 Å². The summed E-state index contributed by atoms with van der Waals surface area (Å²) in [7, 11) is 0. The standard InChI is InChI=1S/C90H97N5O/c1-22-28-53(2)31-25-32-54(3)29-23-24-30-55(4)33-26-34-56(5)36-37-73-38-40-75(41-39-73)90(96)92-76-44-42-74(43-45-76)72(21)77-46-47-80(93-77)88(85-68(17)62(11)58(7)63(12)69(85)18)81-50-51-83(95-81)89(86-70(19)64(13)59(8)65(14)71(86)20)82-49-48-79(94-82)87(78-35-27-52-91-78)84-66(15)60(9)57(6)61(10)67(84)16/h22-51,93-94H,21,52H2,1-20H3,(H,92,96)/b24-23+,28-22+,32-25+,33-26+,37-36+,53-31+,54-29+,55-30+,56-34+,87-79+,88-81+,89-82+. The molecule has 7 aromatic rings. The minimum atomic E-state index is -0.179. The van der Waals surface area contributed by atoms with Crippen LogP contribution in [0, 0.1) is 104 Å². The lowest BCUT2D eigenvalue weighted by Crippen LogP contribution is -2.23. The molecular formula is C90H97N5O. The zero-order valence-corrected chi connectivity index (χ0v) is 60.5. The molecule has 4 heterocycles. The molecule has 6 heteroatoms. The van der Waals surface area contributed by atoms with Crippen LogP contribution in [0.4, 0.5) is 5.69 Å². The smallest absolute Gasteiger partial charge is 0.255 e. The van der Waals surface area contributed by atoms with E-state index in [-0.39, 0.29) is 5.91 Å². The third-order valence-corrected chi connectivity index (χ3v) is 20.2. The summed E-state index contributed by atoms with van der Waals surface area (Å²) < 4.78 is 0. The third kappa shape index (κ3) is 15.2. The molecule has 2 aliphatic heterocycles. The second kappa shape index (κ2) is 30.5. The van der Waals surface area contributed by atoms with E-state index in [9.17, 15) is 4.79 Å². The predicted molar refractivity (Wildman–Crippen MR) is 416 cm³/mol. The summed E-state index contributed by atoms with van der Waals surface area (Å²) >= 11 is 0. The maximum Gasteiger partial charge on any atom is 0.255 e. The number of allylic oxidation sites excluding steroid dienone is 20. The van der Waals surface area contributed by atoms with Gasteiger partial charge in [0.1, 0.15) is 0 Å². The Bertz CT molecular complexity index is 4790. The topological polar surface area (TPSA) is 85.4 Å². The second-order valence-corrected chi connectivity index (χ2v) is 26.3. The summed E-state index contributed by atoms with van der Waals surface area (Å²) in [5.41, 5.74) is 39.3. The largest absolute Gasteiger partial charge is 0.354 e. The Morgan fingerprint density at radius 3 is 1.34 bits per heavy atom. The number of hydrogen-bond acceptors (Lipinski definition) is 3. The summed E-state index contributed by atoms with van der Waals surface area (Å²) in [5, 5.41) is 5.13. The van der Waals surface area contributed by atoms with Crippen LogP contribution in [-0.2, 0) is 0 Å². The molecule has 96 heavy (non-hydrogen) atoms. The maximum atomic E-state index is 13.6. The molecule has 9 rings (SSSR count). The number of nitrogens with zero attached hydrogens (tertiary/aromatic N) is 2. The molecule has 0 saturated heterocycles. The van der Waals surface area contributed by atoms with E-state index in [0.29, 0.717) is 17.8 Å². The molecular weight excluding hydrogens is 1170 g/mol. The van der Waals surface area contributed by atoms with Crippen LogP contribution in [0.3, 0.4) is 0 Å². The monoisotopic (exact) mass is 1260 g/mol. The van der Waals surface area contributed by atoms with E-state index in [4.69, 9.17) is 9.98 Å². The van der Waals surface area contributed by atoms with Gasteiger partial charge in [0.05, 0.1) is 23.7 Å². The first-order chi connectivity index (χ1) is 45.8. The highest BCUT2D eigenvalue weighted by atomic mass is 16.1. The molecule has 0 fully saturated rings. The molecule has 0 bridgehead atoms. The van der Waals surface area contributed by atoms with Gasteiger partial charge in [0, 0.05) is 50.1 Å². The minimum Gasteiger partial charge on any atom is -0.354 e. The molecule has 0 spiro atoms. The van der Waals surface area contributed by atoms with Gasteiger partial charge in [0.25, 0.3) is 5.91 Å². The van der Waals surface area contributed by atoms with Crippen molar-refractivity contribution in [3.63, 3.8) is 0 Å². The van der Waals surface area contributed by atoms with Gasteiger partial charge in [-0.1, -0.05) is 144 Å². The molecule has 2 aliphatic rings. The number of aromatic amines is 2. The number of benzene rings is 5. The summed E-state index contributed by atoms with van der Waals surface area (Å²) in [6.07, 6.45) is 37.9. The number of rotatable bonds is 19. The molecule has 3 N–H and O–H groups in total.